The molecular formula is C16H28N4O2. The van der Waals surface area contributed by atoms with Gasteiger partial charge in [0.1, 0.15) is 0 Å². The predicted molar refractivity (Wildman–Crippen MR) is 85.1 cm³/mol. The summed E-state index contributed by atoms with van der Waals surface area (Å²) in [7, 11) is 0. The summed E-state index contributed by atoms with van der Waals surface area (Å²) in [5.41, 5.74) is 8.73. The molecule has 0 aliphatic heterocycles. The van der Waals surface area contributed by atoms with Crippen LogP contribution < -0.4 is 11.1 Å². The lowest BCUT2D eigenvalue weighted by atomic mass is 9.81. The topological polar surface area (TPSA) is 93.2 Å². The zero-order chi connectivity index (χ0) is 16.1. The molecule has 0 bridgehead atoms. The second-order valence-electron chi connectivity index (χ2n) is 6.35. The van der Waals surface area contributed by atoms with Crippen molar-refractivity contribution in [2.45, 2.75) is 52.6 Å². The van der Waals surface area contributed by atoms with E-state index in [2.05, 4.69) is 10.4 Å². The molecule has 0 radical (unpaired) electrons. The molecule has 124 valence electrons. The first-order valence-corrected chi connectivity index (χ1v) is 8.16. The summed E-state index contributed by atoms with van der Waals surface area (Å²) in [5, 5.41) is 17.0. The average molecular weight is 308 g/mol. The van der Waals surface area contributed by atoms with Crippen LogP contribution in [0.5, 0.6) is 0 Å². The zero-order valence-electron chi connectivity index (χ0n) is 13.6. The third-order valence-electron chi connectivity index (χ3n) is 4.83. The van der Waals surface area contributed by atoms with E-state index in [1.807, 2.05) is 18.5 Å². The van der Waals surface area contributed by atoms with Gasteiger partial charge in [-0.15, -0.1) is 0 Å². The van der Waals surface area contributed by atoms with Crippen molar-refractivity contribution in [3.05, 3.63) is 17.0 Å². The fraction of sp³-hybridized carbons (Fsp3) is 0.750. The number of hydrogen-bond acceptors (Lipinski definition) is 4. The molecule has 0 aromatic carbocycles. The van der Waals surface area contributed by atoms with Crippen LogP contribution in [-0.2, 0) is 17.9 Å². The summed E-state index contributed by atoms with van der Waals surface area (Å²) in [5.74, 6) is 0.565. The Hall–Kier alpha value is -1.40. The number of amides is 1. The predicted octanol–water partition coefficient (Wildman–Crippen LogP) is 0.874. The molecule has 1 fully saturated rings. The number of hydrogen-bond donors (Lipinski definition) is 3. The van der Waals surface area contributed by atoms with Crippen LogP contribution in [-0.4, -0.2) is 33.9 Å². The van der Waals surface area contributed by atoms with E-state index in [1.165, 1.54) is 5.56 Å². The van der Waals surface area contributed by atoms with Crippen LogP contribution in [0.2, 0.25) is 0 Å². The van der Waals surface area contributed by atoms with Gasteiger partial charge >= 0.3 is 0 Å². The number of nitrogens with two attached hydrogens (primary N) is 1. The molecule has 0 unspecified atom stereocenters. The highest BCUT2D eigenvalue weighted by Gasteiger charge is 2.24. The van der Waals surface area contributed by atoms with E-state index >= 15 is 0 Å². The van der Waals surface area contributed by atoms with Crippen molar-refractivity contribution in [1.29, 1.82) is 0 Å². The fourth-order valence-electron chi connectivity index (χ4n) is 3.35. The SMILES string of the molecule is Cc1nn(CCO)c(C)c1CNCC1CCC(C(N)=O)CC1. The number of nitrogens with one attached hydrogen (secondary N) is 1. The third kappa shape index (κ3) is 4.08. The minimum absolute atomic E-state index is 0.0810. The molecule has 1 saturated carbocycles. The van der Waals surface area contributed by atoms with Crippen molar-refractivity contribution in [2.24, 2.45) is 17.6 Å². The molecule has 0 atom stereocenters. The maximum atomic E-state index is 11.2. The largest absolute Gasteiger partial charge is 0.394 e. The summed E-state index contributed by atoms with van der Waals surface area (Å²) in [6.07, 6.45) is 3.99. The lowest BCUT2D eigenvalue weighted by Gasteiger charge is -2.26. The van der Waals surface area contributed by atoms with Gasteiger partial charge in [0.25, 0.3) is 0 Å². The summed E-state index contributed by atoms with van der Waals surface area (Å²) < 4.78 is 1.87. The number of carbonyl (C=O) groups excluding carboxylic acids is 1. The van der Waals surface area contributed by atoms with E-state index in [4.69, 9.17) is 10.8 Å². The molecule has 22 heavy (non-hydrogen) atoms. The molecule has 6 nitrogen and oxygen atoms in total. The number of carbonyl (C=O) groups is 1. The number of rotatable bonds is 7. The van der Waals surface area contributed by atoms with Gasteiger partial charge in [0.15, 0.2) is 0 Å². The third-order valence-corrected chi connectivity index (χ3v) is 4.83. The first-order chi connectivity index (χ1) is 10.5. The molecule has 1 heterocycles. The van der Waals surface area contributed by atoms with Crippen LogP contribution >= 0.6 is 0 Å². The van der Waals surface area contributed by atoms with Crippen LogP contribution in [0.1, 0.15) is 42.6 Å². The van der Waals surface area contributed by atoms with Crippen LogP contribution in [0, 0.1) is 25.7 Å². The normalized spacial score (nSPS) is 22.0. The molecule has 0 saturated heterocycles. The Morgan fingerprint density at radius 2 is 2.05 bits per heavy atom. The molecule has 2 rings (SSSR count). The standard InChI is InChI=1S/C16H28N4O2/c1-11-15(12(2)20(19-11)7-8-21)10-18-9-13-3-5-14(6-4-13)16(17)22/h13-14,18,21H,3-10H2,1-2H3,(H2,17,22). The Kier molecular flexibility index (Phi) is 5.97. The average Bonchev–Trinajstić information content (AvgIpc) is 2.75. The quantitative estimate of drug-likeness (QED) is 0.697. The van der Waals surface area contributed by atoms with Crippen LogP contribution in [0.15, 0.2) is 0 Å². The van der Waals surface area contributed by atoms with E-state index in [0.717, 1.165) is 50.2 Å². The van der Waals surface area contributed by atoms with Crippen molar-refractivity contribution < 1.29 is 9.90 Å². The lowest BCUT2D eigenvalue weighted by Crippen LogP contribution is -2.31. The van der Waals surface area contributed by atoms with Crippen LogP contribution in [0.4, 0.5) is 0 Å². The molecule has 1 aliphatic rings. The Morgan fingerprint density at radius 1 is 1.36 bits per heavy atom. The van der Waals surface area contributed by atoms with Crippen LogP contribution in [0.3, 0.4) is 0 Å². The fourth-order valence-corrected chi connectivity index (χ4v) is 3.35. The summed E-state index contributed by atoms with van der Waals surface area (Å²) in [4.78, 5) is 11.2. The zero-order valence-corrected chi connectivity index (χ0v) is 13.6. The van der Waals surface area contributed by atoms with Gasteiger partial charge in [0.2, 0.25) is 5.91 Å². The number of aliphatic hydroxyl groups is 1. The molecule has 1 aromatic rings. The summed E-state index contributed by atoms with van der Waals surface area (Å²) in [6, 6.07) is 0. The highest BCUT2D eigenvalue weighted by atomic mass is 16.3. The Morgan fingerprint density at radius 3 is 2.64 bits per heavy atom. The van der Waals surface area contributed by atoms with E-state index < -0.39 is 0 Å². The number of aromatic nitrogens is 2. The molecule has 1 aromatic heterocycles. The van der Waals surface area contributed by atoms with Crippen molar-refractivity contribution in [2.75, 3.05) is 13.2 Å². The molecule has 1 amide bonds. The Balaban J connectivity index is 1.79. The van der Waals surface area contributed by atoms with Crippen molar-refractivity contribution in [3.63, 3.8) is 0 Å². The Bertz CT molecular complexity index is 504. The molecular weight excluding hydrogens is 280 g/mol. The maximum absolute atomic E-state index is 11.2. The first-order valence-electron chi connectivity index (χ1n) is 8.16. The van der Waals surface area contributed by atoms with Crippen molar-refractivity contribution in [1.82, 2.24) is 15.1 Å². The first kappa shape index (κ1) is 17.0. The smallest absolute Gasteiger partial charge is 0.220 e. The number of primary amides is 1. The van der Waals surface area contributed by atoms with Crippen molar-refractivity contribution >= 4 is 5.91 Å². The van der Waals surface area contributed by atoms with Gasteiger partial charge in [-0.2, -0.15) is 5.10 Å². The summed E-state index contributed by atoms with van der Waals surface area (Å²) in [6.45, 7) is 6.48. The lowest BCUT2D eigenvalue weighted by molar-refractivity contribution is -0.122. The van der Waals surface area contributed by atoms with Gasteiger partial charge in [-0.3, -0.25) is 9.48 Å². The second kappa shape index (κ2) is 7.74. The molecule has 4 N–H and O–H groups in total. The molecule has 0 spiro atoms. The van der Waals surface area contributed by atoms with E-state index in [1.54, 1.807) is 0 Å². The van der Waals surface area contributed by atoms with Gasteiger partial charge in [-0.05, 0) is 52.0 Å². The van der Waals surface area contributed by atoms with Crippen LogP contribution in [0.25, 0.3) is 0 Å². The van der Waals surface area contributed by atoms with Gasteiger partial charge in [0, 0.05) is 23.7 Å². The maximum Gasteiger partial charge on any atom is 0.220 e. The monoisotopic (exact) mass is 308 g/mol. The summed E-state index contributed by atoms with van der Waals surface area (Å²) >= 11 is 0. The van der Waals surface area contributed by atoms with Gasteiger partial charge in [-0.25, -0.2) is 0 Å². The number of aliphatic hydroxyl groups excluding tert-OH is 1. The van der Waals surface area contributed by atoms with E-state index in [-0.39, 0.29) is 18.4 Å². The van der Waals surface area contributed by atoms with Gasteiger partial charge in [0.05, 0.1) is 18.8 Å². The molecule has 1 aliphatic carbocycles. The Labute approximate surface area is 132 Å². The number of aryl methyl sites for hydroxylation is 1. The number of nitrogens with zero attached hydrogens (tertiary/aromatic N) is 2. The van der Waals surface area contributed by atoms with Gasteiger partial charge in [-0.1, -0.05) is 0 Å². The highest BCUT2D eigenvalue weighted by molar-refractivity contribution is 5.76. The second-order valence-corrected chi connectivity index (χ2v) is 6.35. The minimum Gasteiger partial charge on any atom is -0.394 e. The van der Waals surface area contributed by atoms with Crippen molar-refractivity contribution in [3.8, 4) is 0 Å². The van der Waals surface area contributed by atoms with E-state index in [9.17, 15) is 4.79 Å². The minimum atomic E-state index is -0.144. The molecule has 6 heteroatoms. The van der Waals surface area contributed by atoms with Gasteiger partial charge < -0.3 is 16.2 Å². The van der Waals surface area contributed by atoms with E-state index in [0.29, 0.717) is 12.5 Å². The highest BCUT2D eigenvalue weighted by Crippen LogP contribution is 2.28.